The van der Waals surface area contributed by atoms with Crippen molar-refractivity contribution in [3.05, 3.63) is 24.0 Å². The van der Waals surface area contributed by atoms with Crippen LogP contribution in [0, 0.1) is 5.92 Å². The van der Waals surface area contributed by atoms with Crippen molar-refractivity contribution in [3.63, 3.8) is 0 Å². The van der Waals surface area contributed by atoms with Crippen molar-refractivity contribution >= 4 is 5.91 Å². The summed E-state index contributed by atoms with van der Waals surface area (Å²) in [6.45, 7) is 0.749. The van der Waals surface area contributed by atoms with Gasteiger partial charge < -0.3 is 20.5 Å². The lowest BCUT2D eigenvalue weighted by Crippen LogP contribution is -2.72. The number of methoxy groups -OCH3 is 1. The number of nitrogens with two attached hydrogens (primary N) is 1. The van der Waals surface area contributed by atoms with E-state index >= 15 is 0 Å². The summed E-state index contributed by atoms with van der Waals surface area (Å²) in [6.07, 6.45) is 5.27. The number of nitrogens with one attached hydrogen (secondary N) is 1. The third-order valence-corrected chi connectivity index (χ3v) is 4.22. The Morgan fingerprint density at radius 2 is 2.45 bits per heavy atom. The van der Waals surface area contributed by atoms with E-state index in [2.05, 4.69) is 10.3 Å². The van der Waals surface area contributed by atoms with E-state index in [-0.39, 0.29) is 24.1 Å². The molecule has 6 heteroatoms. The molecule has 1 aliphatic heterocycles. The molecule has 3 N–H and O–H groups in total. The molecule has 2 aliphatic rings. The lowest BCUT2D eigenvalue weighted by Gasteiger charge is -2.52. The van der Waals surface area contributed by atoms with Crippen LogP contribution in [0.3, 0.4) is 0 Å². The molecule has 0 bridgehead atoms. The summed E-state index contributed by atoms with van der Waals surface area (Å²) in [6, 6.07) is 1.49. The van der Waals surface area contributed by atoms with Gasteiger partial charge in [0.2, 0.25) is 0 Å². The normalized spacial score (nSPS) is 31.9. The highest BCUT2D eigenvalue weighted by atomic mass is 16.5. The molecule has 6 nitrogen and oxygen atoms in total. The van der Waals surface area contributed by atoms with E-state index in [1.54, 1.807) is 12.3 Å². The summed E-state index contributed by atoms with van der Waals surface area (Å²) in [7, 11) is 1.52. The number of rotatable bonds is 3. The number of hydrogen-bond donors (Lipinski definition) is 2. The maximum Gasteiger partial charge on any atom is 0.255 e. The first kappa shape index (κ1) is 13.3. The van der Waals surface area contributed by atoms with Crippen molar-refractivity contribution in [3.8, 4) is 5.75 Å². The highest BCUT2D eigenvalue weighted by Crippen LogP contribution is 2.37. The van der Waals surface area contributed by atoms with Crippen molar-refractivity contribution in [1.82, 2.24) is 10.3 Å². The molecule has 4 unspecified atom stereocenters. The number of ether oxygens (including phenoxy) is 2. The summed E-state index contributed by atoms with van der Waals surface area (Å²) >= 11 is 0. The molecule has 0 aromatic carbocycles. The van der Waals surface area contributed by atoms with Gasteiger partial charge in [-0.1, -0.05) is 0 Å². The molecule has 1 aliphatic carbocycles. The minimum atomic E-state index is -0.197. The van der Waals surface area contributed by atoms with E-state index in [1.165, 1.54) is 13.3 Å². The van der Waals surface area contributed by atoms with Gasteiger partial charge in [-0.25, -0.2) is 0 Å². The van der Waals surface area contributed by atoms with Crippen molar-refractivity contribution in [1.29, 1.82) is 0 Å². The molecule has 0 radical (unpaired) electrons. The Bertz CT molecular complexity index is 508. The van der Waals surface area contributed by atoms with E-state index in [0.717, 1.165) is 19.4 Å². The molecule has 4 atom stereocenters. The van der Waals surface area contributed by atoms with E-state index in [9.17, 15) is 4.79 Å². The van der Waals surface area contributed by atoms with Crippen molar-refractivity contribution < 1.29 is 14.3 Å². The van der Waals surface area contributed by atoms with E-state index in [4.69, 9.17) is 15.2 Å². The first-order chi connectivity index (χ1) is 9.72. The predicted molar refractivity (Wildman–Crippen MR) is 72.5 cm³/mol. The van der Waals surface area contributed by atoms with Crippen LogP contribution in [0.4, 0.5) is 0 Å². The largest absolute Gasteiger partial charge is 0.494 e. The molecule has 2 fully saturated rings. The summed E-state index contributed by atoms with van der Waals surface area (Å²) in [5.41, 5.74) is 6.60. The molecule has 2 heterocycles. The molecule has 1 aromatic heterocycles. The summed E-state index contributed by atoms with van der Waals surface area (Å²) in [4.78, 5) is 16.3. The zero-order valence-corrected chi connectivity index (χ0v) is 11.4. The second kappa shape index (κ2) is 5.38. The van der Waals surface area contributed by atoms with Gasteiger partial charge in [0.05, 0.1) is 31.0 Å². The molecule has 108 valence electrons. The predicted octanol–water partition coefficient (Wildman–Crippen LogP) is 0.325. The van der Waals surface area contributed by atoms with Gasteiger partial charge in [0.25, 0.3) is 5.91 Å². The van der Waals surface area contributed by atoms with Crippen LogP contribution >= 0.6 is 0 Å². The number of aromatic nitrogens is 1. The molecule has 3 rings (SSSR count). The van der Waals surface area contributed by atoms with E-state index < -0.39 is 0 Å². The molecular weight excluding hydrogens is 258 g/mol. The maximum absolute atomic E-state index is 12.3. The number of amides is 1. The van der Waals surface area contributed by atoms with Gasteiger partial charge in [-0.05, 0) is 18.9 Å². The van der Waals surface area contributed by atoms with E-state index in [0.29, 0.717) is 17.2 Å². The van der Waals surface area contributed by atoms with Crippen LogP contribution in [0.15, 0.2) is 18.5 Å². The fourth-order valence-electron chi connectivity index (χ4n) is 3.09. The molecule has 0 spiro atoms. The molecule has 20 heavy (non-hydrogen) atoms. The fraction of sp³-hybridized carbons (Fsp3) is 0.571. The molecule has 1 amide bonds. The molecule has 1 aromatic rings. The van der Waals surface area contributed by atoms with Gasteiger partial charge in [0.1, 0.15) is 5.75 Å². The maximum atomic E-state index is 12.3. The Morgan fingerprint density at radius 1 is 1.60 bits per heavy atom. The van der Waals surface area contributed by atoms with E-state index in [1.807, 2.05) is 0 Å². The lowest BCUT2D eigenvalue weighted by atomic mass is 9.68. The second-order valence-electron chi connectivity index (χ2n) is 5.29. The topological polar surface area (TPSA) is 86.5 Å². The average Bonchev–Trinajstić information content (AvgIpc) is 2.51. The first-order valence-corrected chi connectivity index (χ1v) is 6.88. The standard InChI is InChI=1S/C14H19N3O3/c1-19-10-7-16-5-4-8(10)14(18)17-12-11(15)9-3-2-6-20-13(9)12/h4-5,7,9,11-13H,2-3,6,15H2,1H3,(H,17,18). The van der Waals surface area contributed by atoms with Crippen LogP contribution in [0.1, 0.15) is 23.2 Å². The third-order valence-electron chi connectivity index (χ3n) is 4.22. The van der Waals surface area contributed by atoms with Crippen LogP contribution in [0.2, 0.25) is 0 Å². The molecule has 1 saturated carbocycles. The zero-order valence-electron chi connectivity index (χ0n) is 11.4. The minimum absolute atomic E-state index is 0.0305. The number of fused-ring (bicyclic) bond motifs is 1. The van der Waals surface area contributed by atoms with Crippen LogP contribution in [-0.2, 0) is 4.74 Å². The van der Waals surface area contributed by atoms with Crippen molar-refractivity contribution in [2.75, 3.05) is 13.7 Å². The van der Waals surface area contributed by atoms with Crippen molar-refractivity contribution in [2.24, 2.45) is 11.7 Å². The Kier molecular flexibility index (Phi) is 3.58. The van der Waals surface area contributed by atoms with Crippen LogP contribution in [0.25, 0.3) is 0 Å². The smallest absolute Gasteiger partial charge is 0.255 e. The van der Waals surface area contributed by atoms with Gasteiger partial charge >= 0.3 is 0 Å². The monoisotopic (exact) mass is 277 g/mol. The summed E-state index contributed by atoms with van der Waals surface area (Å²) in [5.74, 6) is 0.629. The highest BCUT2D eigenvalue weighted by Gasteiger charge is 2.51. The quantitative estimate of drug-likeness (QED) is 0.831. The Balaban J connectivity index is 1.70. The minimum Gasteiger partial charge on any atom is -0.494 e. The number of carbonyl (C=O) groups excluding carboxylic acids is 1. The SMILES string of the molecule is COc1cnccc1C(=O)NC1C(N)C2CCCOC21. The Morgan fingerprint density at radius 3 is 3.25 bits per heavy atom. The molecular formula is C14H19N3O3. The Labute approximate surface area is 117 Å². The average molecular weight is 277 g/mol. The van der Waals surface area contributed by atoms with Crippen LogP contribution in [-0.4, -0.2) is 42.8 Å². The third kappa shape index (κ3) is 2.14. The van der Waals surface area contributed by atoms with Gasteiger partial charge in [-0.15, -0.1) is 0 Å². The lowest BCUT2D eigenvalue weighted by molar-refractivity contribution is -0.117. The summed E-state index contributed by atoms with van der Waals surface area (Å²) < 4.78 is 10.9. The van der Waals surface area contributed by atoms with Crippen LogP contribution < -0.4 is 15.8 Å². The highest BCUT2D eigenvalue weighted by molar-refractivity contribution is 5.97. The summed E-state index contributed by atoms with van der Waals surface area (Å²) in [5, 5.41) is 2.96. The fourth-order valence-corrected chi connectivity index (χ4v) is 3.09. The molecule has 1 saturated heterocycles. The van der Waals surface area contributed by atoms with Gasteiger partial charge in [-0.2, -0.15) is 0 Å². The Hall–Kier alpha value is -1.66. The number of nitrogens with zero attached hydrogens (tertiary/aromatic N) is 1. The zero-order chi connectivity index (χ0) is 14.1. The number of pyridine rings is 1. The van der Waals surface area contributed by atoms with Crippen molar-refractivity contribution in [2.45, 2.75) is 31.0 Å². The van der Waals surface area contributed by atoms with Gasteiger partial charge in [0.15, 0.2) is 0 Å². The number of carbonyl (C=O) groups is 1. The van der Waals surface area contributed by atoms with Gasteiger partial charge in [-0.3, -0.25) is 9.78 Å². The number of hydrogen-bond acceptors (Lipinski definition) is 5. The van der Waals surface area contributed by atoms with Crippen LogP contribution in [0.5, 0.6) is 5.75 Å². The first-order valence-electron chi connectivity index (χ1n) is 6.88. The second-order valence-corrected chi connectivity index (χ2v) is 5.29. The van der Waals surface area contributed by atoms with Gasteiger partial charge in [0, 0.05) is 24.8 Å².